The van der Waals surface area contributed by atoms with Crippen LogP contribution in [-0.4, -0.2) is 14.7 Å². The molecule has 1 aromatic heterocycles. The van der Waals surface area contributed by atoms with Crippen molar-refractivity contribution in [2.75, 3.05) is 0 Å². The Hall–Kier alpha value is -1.95. The quantitative estimate of drug-likeness (QED) is 0.642. The second kappa shape index (κ2) is 4.97. The normalized spacial score (nSPS) is 10.7. The van der Waals surface area contributed by atoms with Gasteiger partial charge < -0.3 is 0 Å². The van der Waals surface area contributed by atoms with Crippen molar-refractivity contribution in [3.8, 4) is 0 Å². The van der Waals surface area contributed by atoms with Crippen molar-refractivity contribution in [3.63, 3.8) is 0 Å². The number of rotatable bonds is 3. The van der Waals surface area contributed by atoms with E-state index in [9.17, 15) is 14.5 Å². The zero-order chi connectivity index (χ0) is 14.2. The minimum Gasteiger partial charge on any atom is -0.258 e. The van der Waals surface area contributed by atoms with Gasteiger partial charge in [-0.05, 0) is 31.5 Å². The second-order valence-corrected chi connectivity index (χ2v) is 4.59. The number of nitro groups is 1. The Kier molecular flexibility index (Phi) is 3.53. The summed E-state index contributed by atoms with van der Waals surface area (Å²) in [4.78, 5) is 10.4. The van der Waals surface area contributed by atoms with Gasteiger partial charge in [-0.3, -0.25) is 14.8 Å². The molecule has 0 radical (unpaired) electrons. The molecule has 2 aromatic rings. The average Bonchev–Trinajstić information content (AvgIpc) is 2.59. The molecule has 0 saturated heterocycles. The maximum absolute atomic E-state index is 13.0. The highest BCUT2D eigenvalue weighted by Gasteiger charge is 2.21. The van der Waals surface area contributed by atoms with Crippen LogP contribution in [0.3, 0.4) is 0 Å². The Labute approximate surface area is 113 Å². The third-order valence-corrected chi connectivity index (χ3v) is 3.13. The lowest BCUT2D eigenvalue weighted by molar-refractivity contribution is -0.386. The maximum atomic E-state index is 13.0. The summed E-state index contributed by atoms with van der Waals surface area (Å²) in [5.74, 6) is -0.496. The third kappa shape index (κ3) is 2.58. The van der Waals surface area contributed by atoms with Gasteiger partial charge in [0.25, 0.3) is 0 Å². The van der Waals surface area contributed by atoms with E-state index >= 15 is 0 Å². The maximum Gasteiger partial charge on any atom is 0.312 e. The highest BCUT2D eigenvalue weighted by molar-refractivity contribution is 6.30. The number of nitrogens with zero attached hydrogens (tertiary/aromatic N) is 3. The van der Waals surface area contributed by atoms with Crippen molar-refractivity contribution in [2.45, 2.75) is 20.4 Å². The molecule has 0 N–H and O–H groups in total. The molecule has 5 nitrogen and oxygen atoms in total. The Morgan fingerprint density at radius 3 is 2.68 bits per heavy atom. The van der Waals surface area contributed by atoms with Gasteiger partial charge in [-0.1, -0.05) is 17.7 Å². The van der Waals surface area contributed by atoms with Gasteiger partial charge in [0, 0.05) is 0 Å². The van der Waals surface area contributed by atoms with Gasteiger partial charge in [-0.15, -0.1) is 0 Å². The summed E-state index contributed by atoms with van der Waals surface area (Å²) in [6, 6.07) is 4.32. The highest BCUT2D eigenvalue weighted by atomic mass is 35.5. The summed E-state index contributed by atoms with van der Waals surface area (Å²) in [6.45, 7) is 3.52. The van der Waals surface area contributed by atoms with E-state index in [0.717, 1.165) is 5.56 Å². The predicted molar refractivity (Wildman–Crippen MR) is 68.9 cm³/mol. The molecule has 0 aliphatic heterocycles. The summed E-state index contributed by atoms with van der Waals surface area (Å²) in [7, 11) is 0. The molecule has 7 heteroatoms. The summed E-state index contributed by atoms with van der Waals surface area (Å²) >= 11 is 5.69. The van der Waals surface area contributed by atoms with Crippen LogP contribution >= 0.6 is 11.6 Å². The van der Waals surface area contributed by atoms with Crippen molar-refractivity contribution >= 4 is 17.3 Å². The smallest absolute Gasteiger partial charge is 0.258 e. The highest BCUT2D eigenvalue weighted by Crippen LogP contribution is 2.23. The van der Waals surface area contributed by atoms with Gasteiger partial charge in [0.15, 0.2) is 0 Å². The number of benzene rings is 1. The van der Waals surface area contributed by atoms with Gasteiger partial charge in [0.2, 0.25) is 0 Å². The molecule has 100 valence electrons. The SMILES string of the molecule is Cc1nn(Cc2ccc(F)c(Cl)c2)c(C)c1[N+](=O)[O-]. The van der Waals surface area contributed by atoms with E-state index in [2.05, 4.69) is 5.10 Å². The Balaban J connectivity index is 2.36. The number of hydrogen-bond acceptors (Lipinski definition) is 3. The summed E-state index contributed by atoms with van der Waals surface area (Å²) < 4.78 is 14.6. The first-order valence-electron chi connectivity index (χ1n) is 5.52. The molecule has 0 aliphatic carbocycles. The summed E-state index contributed by atoms with van der Waals surface area (Å²) in [5.41, 5.74) is 1.55. The lowest BCUT2D eigenvalue weighted by Gasteiger charge is -2.04. The van der Waals surface area contributed by atoms with E-state index in [1.54, 1.807) is 19.9 Å². The zero-order valence-electron chi connectivity index (χ0n) is 10.4. The molecule has 0 atom stereocenters. The minimum absolute atomic E-state index is 0.00760. The molecule has 0 aliphatic rings. The van der Waals surface area contributed by atoms with E-state index in [-0.39, 0.29) is 10.7 Å². The van der Waals surface area contributed by atoms with Crippen molar-refractivity contribution in [2.24, 2.45) is 0 Å². The number of aromatic nitrogens is 2. The van der Waals surface area contributed by atoms with Crippen LogP contribution in [0.5, 0.6) is 0 Å². The third-order valence-electron chi connectivity index (χ3n) is 2.84. The van der Waals surface area contributed by atoms with Crippen LogP contribution in [0.25, 0.3) is 0 Å². The topological polar surface area (TPSA) is 61.0 Å². The van der Waals surface area contributed by atoms with E-state index in [4.69, 9.17) is 11.6 Å². The monoisotopic (exact) mass is 283 g/mol. The van der Waals surface area contributed by atoms with Gasteiger partial charge >= 0.3 is 5.69 Å². The number of hydrogen-bond donors (Lipinski definition) is 0. The zero-order valence-corrected chi connectivity index (χ0v) is 11.1. The molecule has 1 aromatic carbocycles. The Bertz CT molecular complexity index is 655. The standard InChI is InChI=1S/C12H11ClFN3O2/c1-7-12(17(18)19)8(2)16(15-7)6-9-3-4-11(14)10(13)5-9/h3-5H,6H2,1-2H3. The second-order valence-electron chi connectivity index (χ2n) is 4.18. The summed E-state index contributed by atoms with van der Waals surface area (Å²) in [6.07, 6.45) is 0. The van der Waals surface area contributed by atoms with Crippen LogP contribution in [0, 0.1) is 29.8 Å². The van der Waals surface area contributed by atoms with Gasteiger partial charge in [0.1, 0.15) is 17.2 Å². The molecule has 0 spiro atoms. The van der Waals surface area contributed by atoms with Crippen molar-refractivity contribution in [3.05, 3.63) is 56.1 Å². The molecule has 1 heterocycles. The number of aryl methyl sites for hydroxylation is 1. The van der Waals surface area contributed by atoms with Crippen LogP contribution in [0.2, 0.25) is 5.02 Å². The van der Waals surface area contributed by atoms with E-state index in [1.807, 2.05) is 0 Å². The molecule has 0 amide bonds. The molecule has 19 heavy (non-hydrogen) atoms. The van der Waals surface area contributed by atoms with Crippen LogP contribution < -0.4 is 0 Å². The van der Waals surface area contributed by atoms with Crippen LogP contribution in [0.4, 0.5) is 10.1 Å². The fourth-order valence-electron chi connectivity index (χ4n) is 1.92. The number of halogens is 2. The lowest BCUT2D eigenvalue weighted by atomic mass is 10.2. The first-order valence-corrected chi connectivity index (χ1v) is 5.90. The van der Waals surface area contributed by atoms with E-state index < -0.39 is 10.7 Å². The van der Waals surface area contributed by atoms with Crippen molar-refractivity contribution < 1.29 is 9.31 Å². The van der Waals surface area contributed by atoms with Gasteiger partial charge in [0.05, 0.1) is 16.5 Å². The Morgan fingerprint density at radius 1 is 1.47 bits per heavy atom. The molecular formula is C12H11ClFN3O2. The average molecular weight is 284 g/mol. The lowest BCUT2D eigenvalue weighted by Crippen LogP contribution is -2.04. The van der Waals surface area contributed by atoms with Crippen molar-refractivity contribution in [1.29, 1.82) is 0 Å². The van der Waals surface area contributed by atoms with E-state index in [1.165, 1.54) is 16.8 Å². The largest absolute Gasteiger partial charge is 0.312 e. The molecule has 0 unspecified atom stereocenters. The first-order chi connectivity index (χ1) is 8.90. The Morgan fingerprint density at radius 2 is 2.16 bits per heavy atom. The first kappa shape index (κ1) is 13.5. The van der Waals surface area contributed by atoms with Crippen LogP contribution in [0.15, 0.2) is 18.2 Å². The van der Waals surface area contributed by atoms with Crippen LogP contribution in [0.1, 0.15) is 17.0 Å². The fraction of sp³-hybridized carbons (Fsp3) is 0.250. The molecule has 0 fully saturated rings. The molecule has 0 saturated carbocycles. The molecule has 2 rings (SSSR count). The minimum atomic E-state index is -0.496. The van der Waals surface area contributed by atoms with Gasteiger partial charge in [-0.2, -0.15) is 5.10 Å². The molecular weight excluding hydrogens is 273 g/mol. The fourth-order valence-corrected chi connectivity index (χ4v) is 2.12. The van der Waals surface area contributed by atoms with Crippen molar-refractivity contribution in [1.82, 2.24) is 9.78 Å². The van der Waals surface area contributed by atoms with Crippen LogP contribution in [-0.2, 0) is 6.54 Å². The van der Waals surface area contributed by atoms with E-state index in [0.29, 0.717) is 17.9 Å². The summed E-state index contributed by atoms with van der Waals surface area (Å²) in [5, 5.41) is 15.0. The molecule has 0 bridgehead atoms. The van der Waals surface area contributed by atoms with Gasteiger partial charge in [-0.25, -0.2) is 4.39 Å². The predicted octanol–water partition coefficient (Wildman–Crippen LogP) is 3.25.